The van der Waals surface area contributed by atoms with E-state index < -0.39 is 76.6 Å². The summed E-state index contributed by atoms with van der Waals surface area (Å²) in [5.74, 6) is -32.4. The van der Waals surface area contributed by atoms with Crippen LogP contribution in [0.1, 0.15) is 56.1 Å². The number of hydrogen-bond donors (Lipinski definition) is 0. The van der Waals surface area contributed by atoms with Gasteiger partial charge in [-0.2, -0.15) is 61.5 Å². The Morgan fingerprint density at radius 3 is 1.87 bits per heavy atom. The van der Waals surface area contributed by atoms with Crippen LogP contribution >= 0.6 is 0 Å². The van der Waals surface area contributed by atoms with Crippen molar-refractivity contribution in [3.05, 3.63) is 29.3 Å². The van der Waals surface area contributed by atoms with Gasteiger partial charge in [0, 0.05) is 5.41 Å². The van der Waals surface area contributed by atoms with E-state index >= 15 is 0 Å². The first-order chi connectivity index (χ1) is 20.7. The predicted molar refractivity (Wildman–Crippen MR) is 126 cm³/mol. The second kappa shape index (κ2) is 10.6. The largest absolute Gasteiger partial charge is 0.460 e. The molecule has 0 aliphatic heterocycles. The zero-order valence-corrected chi connectivity index (χ0v) is 23.2. The van der Waals surface area contributed by atoms with Gasteiger partial charge >= 0.3 is 48.0 Å². The summed E-state index contributed by atoms with van der Waals surface area (Å²) >= 11 is 0. The van der Waals surface area contributed by atoms with Crippen molar-refractivity contribution in [1.82, 2.24) is 0 Å². The highest BCUT2D eigenvalue weighted by Gasteiger charge is 2.79. The predicted octanol–water partition coefficient (Wildman–Crippen LogP) is 8.03. The van der Waals surface area contributed by atoms with Crippen molar-refractivity contribution in [2.24, 2.45) is 17.3 Å². The lowest BCUT2D eigenvalue weighted by Gasteiger charge is -2.52. The van der Waals surface area contributed by atoms with Crippen LogP contribution in [0.4, 0.5) is 61.5 Å². The number of benzene rings is 1. The number of esters is 2. The monoisotopic (exact) mass is 688 g/mol. The second-order valence-corrected chi connectivity index (χ2v) is 11.8. The molecule has 2 fully saturated rings. The molecule has 1 aromatic rings. The molecule has 0 bridgehead atoms. The molecule has 0 aromatic heterocycles. The number of carbonyl (C=O) groups is 2. The summed E-state index contributed by atoms with van der Waals surface area (Å²) in [4.78, 5) is 23.9. The topological polar surface area (TPSA) is 52.6 Å². The highest BCUT2D eigenvalue weighted by molar-refractivity contribution is 5.81. The Bertz CT molecular complexity index is 1440. The molecule has 0 amide bonds. The molecule has 3 aliphatic carbocycles. The zero-order valence-electron chi connectivity index (χ0n) is 23.2. The lowest BCUT2D eigenvalue weighted by Crippen LogP contribution is -2.60. The zero-order chi connectivity index (χ0) is 35.1. The van der Waals surface area contributed by atoms with Gasteiger partial charge in [0.2, 0.25) is 0 Å². The van der Waals surface area contributed by atoms with Gasteiger partial charge in [-0.3, -0.25) is 0 Å². The molecule has 3 unspecified atom stereocenters. The molecule has 0 N–H and O–H groups in total. The van der Waals surface area contributed by atoms with Gasteiger partial charge in [-0.25, -0.2) is 9.59 Å². The summed E-state index contributed by atoms with van der Waals surface area (Å²) in [5.41, 5.74) is -2.78. The molecule has 0 spiro atoms. The summed E-state index contributed by atoms with van der Waals surface area (Å²) in [5, 5.41) is 0. The molecule has 0 heterocycles. The van der Waals surface area contributed by atoms with Gasteiger partial charge in [-0.05, 0) is 79.5 Å². The summed E-state index contributed by atoms with van der Waals surface area (Å²) < 4.78 is 193. The fraction of sp³-hybridized carbons (Fsp3) is 0.643. The number of halogens is 14. The van der Waals surface area contributed by atoms with Crippen LogP contribution in [0.3, 0.4) is 0 Å². The Kier molecular flexibility index (Phi) is 8.22. The number of aryl methyl sites for hydroxylation is 1. The lowest BCUT2D eigenvalue weighted by atomic mass is 9.53. The highest BCUT2D eigenvalue weighted by atomic mass is 19.4. The van der Waals surface area contributed by atoms with Gasteiger partial charge in [0.05, 0.1) is 0 Å². The Labute approximate surface area is 250 Å². The van der Waals surface area contributed by atoms with Gasteiger partial charge in [0.25, 0.3) is 0 Å². The minimum atomic E-state index is -6.79. The van der Waals surface area contributed by atoms with Crippen LogP contribution in [0.2, 0.25) is 0 Å². The number of rotatable bonds is 6. The van der Waals surface area contributed by atoms with E-state index in [1.54, 1.807) is 0 Å². The number of terminal acetylenes is 1. The van der Waals surface area contributed by atoms with Crippen LogP contribution in [0.25, 0.3) is 0 Å². The number of alkyl halides is 14. The van der Waals surface area contributed by atoms with E-state index in [4.69, 9.17) is 11.2 Å². The average Bonchev–Trinajstić information content (AvgIpc) is 3.23. The first-order valence-corrected chi connectivity index (χ1v) is 13.4. The summed E-state index contributed by atoms with van der Waals surface area (Å²) in [6.45, 7) is 1.43. The van der Waals surface area contributed by atoms with Gasteiger partial charge in [0.15, 0.2) is 5.60 Å². The van der Waals surface area contributed by atoms with Gasteiger partial charge in [-0.1, -0.05) is 18.9 Å². The van der Waals surface area contributed by atoms with Crippen LogP contribution < -0.4 is 4.74 Å². The molecule has 0 radical (unpaired) electrons. The molecular weight excluding hydrogens is 666 g/mol. The molecule has 2 saturated carbocycles. The van der Waals surface area contributed by atoms with Crippen LogP contribution in [0.5, 0.6) is 5.75 Å². The van der Waals surface area contributed by atoms with Crippen molar-refractivity contribution in [2.75, 3.05) is 0 Å². The molecule has 256 valence electrons. The highest BCUT2D eigenvalue weighted by Crippen LogP contribution is 2.65. The molecule has 5 atom stereocenters. The van der Waals surface area contributed by atoms with Crippen molar-refractivity contribution < 1.29 is 80.5 Å². The van der Waals surface area contributed by atoms with Crippen LogP contribution in [-0.2, 0) is 20.7 Å². The maximum absolute atomic E-state index is 14.1. The third-order valence-corrected chi connectivity index (χ3v) is 9.54. The summed E-state index contributed by atoms with van der Waals surface area (Å²) in [7, 11) is 0. The number of carbonyl (C=O) groups excluding carboxylic acids is 2. The third-order valence-electron chi connectivity index (χ3n) is 9.54. The first kappa shape index (κ1) is 35.6. The molecule has 18 heteroatoms. The van der Waals surface area contributed by atoms with Crippen LogP contribution in [0.15, 0.2) is 18.2 Å². The molecule has 46 heavy (non-hydrogen) atoms. The Morgan fingerprint density at radius 2 is 1.35 bits per heavy atom. The Morgan fingerprint density at radius 1 is 0.804 bits per heavy atom. The van der Waals surface area contributed by atoms with E-state index in [0.717, 1.165) is 12.1 Å². The minimum Gasteiger partial charge on any atom is -0.441 e. The van der Waals surface area contributed by atoms with Crippen molar-refractivity contribution >= 4 is 11.9 Å². The molecule has 1 aromatic carbocycles. The van der Waals surface area contributed by atoms with Gasteiger partial charge in [-0.15, -0.1) is 6.42 Å². The number of hydrogen-bond acceptors (Lipinski definition) is 4. The Balaban J connectivity index is 1.56. The SMILES string of the molecule is C#C[C@]1(OC(=O)C(F)(F)C(F)(F)C(F)(F)F)CCC2C3CCc4cc(OC(=O)C(F)(F)C(F)(F)C(F)(F)F)ccc4C3CC[C@@]21C. The molecule has 3 aliphatic rings. The molecule has 0 saturated heterocycles. The second-order valence-electron chi connectivity index (χ2n) is 11.8. The van der Waals surface area contributed by atoms with Crippen LogP contribution in [0, 0.1) is 29.6 Å². The smallest absolute Gasteiger partial charge is 0.441 e. The van der Waals surface area contributed by atoms with E-state index in [2.05, 4.69) is 4.74 Å². The van der Waals surface area contributed by atoms with Crippen molar-refractivity contribution in [2.45, 2.75) is 93.0 Å². The average molecular weight is 688 g/mol. The summed E-state index contributed by atoms with van der Waals surface area (Å²) in [6.07, 6.45) is -7.85. The van der Waals surface area contributed by atoms with E-state index in [-0.39, 0.29) is 44.4 Å². The molecule has 4 nitrogen and oxygen atoms in total. The quantitative estimate of drug-likeness (QED) is 0.132. The van der Waals surface area contributed by atoms with Gasteiger partial charge in [0.1, 0.15) is 5.75 Å². The standard InChI is InChI=1S/C28H22F14O4/c1-3-22(46-20(44)24(31,32)26(35,36)28(40,41)42)11-9-18-17-6-4-13-12-14(5-7-15(13)16(17)8-10-21(18,22)2)45-19(43)23(29,30)25(33,34)27(37,38)39/h1,5,7,12,16-18H,4,6,8-11H2,2H3/t16?,17?,18?,21-,22-/m0/s1. The van der Waals surface area contributed by atoms with Crippen molar-refractivity contribution in [3.63, 3.8) is 0 Å². The normalized spacial score (nSPS) is 28.8. The first-order valence-electron chi connectivity index (χ1n) is 13.4. The molecule has 4 rings (SSSR count). The maximum Gasteiger partial charge on any atom is 0.460 e. The van der Waals surface area contributed by atoms with E-state index in [1.807, 2.05) is 5.92 Å². The van der Waals surface area contributed by atoms with Crippen LogP contribution in [-0.4, -0.2) is 53.6 Å². The van der Waals surface area contributed by atoms with Crippen molar-refractivity contribution in [3.8, 4) is 18.1 Å². The number of fused-ring (bicyclic) bond motifs is 5. The van der Waals surface area contributed by atoms with E-state index in [9.17, 15) is 71.1 Å². The fourth-order valence-electron chi connectivity index (χ4n) is 7.06. The number of ether oxygens (including phenoxy) is 2. The fourth-order valence-corrected chi connectivity index (χ4v) is 7.06. The minimum absolute atomic E-state index is 0.0214. The third kappa shape index (κ3) is 4.97. The van der Waals surface area contributed by atoms with E-state index in [1.165, 1.54) is 13.0 Å². The Hall–Kier alpha value is -3.26. The summed E-state index contributed by atoms with van der Waals surface area (Å²) in [6, 6.07) is 3.16. The molecular formula is C28H22F14O4. The van der Waals surface area contributed by atoms with E-state index in [0.29, 0.717) is 11.1 Å². The van der Waals surface area contributed by atoms with Crippen molar-refractivity contribution in [1.29, 1.82) is 0 Å². The maximum atomic E-state index is 14.1. The van der Waals surface area contributed by atoms with Gasteiger partial charge < -0.3 is 9.47 Å². The lowest BCUT2D eigenvalue weighted by molar-refractivity contribution is -0.350.